The van der Waals surface area contributed by atoms with Gasteiger partial charge in [-0.1, -0.05) is 47.3 Å². The van der Waals surface area contributed by atoms with Crippen molar-refractivity contribution in [1.29, 1.82) is 0 Å². The topological polar surface area (TPSA) is 362 Å². The fraction of sp³-hybridized carbons (Fsp3) is 0.638. The Labute approximate surface area is 421 Å². The molecule has 0 aliphatic heterocycles. The predicted octanol–water partition coefficient (Wildman–Crippen LogP) is 3.68. The van der Waals surface area contributed by atoms with Crippen LogP contribution in [-0.2, 0) is 54.3 Å². The number of ketones is 1. The van der Waals surface area contributed by atoms with Crippen LogP contribution < -0.4 is 37.2 Å². The van der Waals surface area contributed by atoms with Gasteiger partial charge in [0.2, 0.25) is 23.6 Å². The van der Waals surface area contributed by atoms with Gasteiger partial charge >= 0.3 is 36.0 Å². The molecule has 24 heteroatoms. The number of hydrogen-bond donors (Lipinski definition) is 11. The van der Waals surface area contributed by atoms with E-state index >= 15 is 0 Å². The van der Waals surface area contributed by atoms with Gasteiger partial charge in [-0.3, -0.25) is 28.8 Å². The van der Waals surface area contributed by atoms with Gasteiger partial charge in [-0.2, -0.15) is 0 Å². The highest BCUT2D eigenvalue weighted by molar-refractivity contribution is 9.10. The highest BCUT2D eigenvalue weighted by Crippen LogP contribution is 2.14. The number of unbranched alkanes of at least 4 members (excludes halogenated alkanes) is 6. The number of rotatable bonds is 37. The molecule has 1 aromatic carbocycles. The zero-order valence-corrected chi connectivity index (χ0v) is 42.3. The molecule has 0 aromatic heterocycles. The minimum Gasteiger partial charge on any atom is -0.481 e. The molecule has 4 atom stereocenters. The minimum atomic E-state index is -1.74. The van der Waals surface area contributed by atoms with Crippen LogP contribution in [0.2, 0.25) is 0 Å². The van der Waals surface area contributed by atoms with E-state index in [0.29, 0.717) is 70.6 Å². The maximum absolute atomic E-state index is 13.6. The number of halogens is 1. The number of Topliss-reactive ketones (excluding diaryl/α,β-unsaturated/α-hetero) is 1. The van der Waals surface area contributed by atoms with Gasteiger partial charge < -0.3 is 62.4 Å². The number of aliphatic carboxylic acids is 4. The van der Waals surface area contributed by atoms with Crippen LogP contribution in [0.1, 0.15) is 142 Å². The smallest absolute Gasteiger partial charge is 0.407 e. The molecule has 71 heavy (non-hydrogen) atoms. The first-order chi connectivity index (χ1) is 33.5. The van der Waals surface area contributed by atoms with Gasteiger partial charge in [-0.25, -0.2) is 24.0 Å². The van der Waals surface area contributed by atoms with Gasteiger partial charge in [0.15, 0.2) is 0 Å². The highest BCUT2D eigenvalue weighted by Gasteiger charge is 2.30. The summed E-state index contributed by atoms with van der Waals surface area (Å²) in [5, 5.41) is 54.3. The lowest BCUT2D eigenvalue weighted by Crippen LogP contribution is -2.52. The first-order valence-electron chi connectivity index (χ1n) is 23.8. The SMILES string of the molecule is CC(C)(C)OC(=O)NCCCCC(NC(=O)CCCCCCCNC(=O)CCC(NC(=O)NC(CCC(=O)O)C(=O)O)C(=O)O)C(=O)NC(CCCCNC(=O)CCCc1ccc(Br)cc1)C(=O)C(=O)O. The normalized spacial score (nSPS) is 12.7. The van der Waals surface area contributed by atoms with Crippen molar-refractivity contribution < 1.29 is 77.9 Å². The molecule has 1 rings (SSSR count). The van der Waals surface area contributed by atoms with E-state index in [4.69, 9.17) is 9.84 Å². The molecule has 0 aliphatic carbocycles. The Bertz CT molecular complexity index is 1930. The van der Waals surface area contributed by atoms with Crippen molar-refractivity contribution in [2.45, 2.75) is 173 Å². The van der Waals surface area contributed by atoms with Crippen LogP contribution in [-0.4, -0.2) is 135 Å². The van der Waals surface area contributed by atoms with Crippen molar-refractivity contribution in [1.82, 2.24) is 37.2 Å². The Morgan fingerprint density at radius 3 is 1.56 bits per heavy atom. The van der Waals surface area contributed by atoms with E-state index in [2.05, 4.69) is 47.8 Å². The maximum Gasteiger partial charge on any atom is 0.407 e. The van der Waals surface area contributed by atoms with Crippen LogP contribution in [0.5, 0.6) is 0 Å². The van der Waals surface area contributed by atoms with Crippen molar-refractivity contribution in [2.75, 3.05) is 19.6 Å². The van der Waals surface area contributed by atoms with Crippen molar-refractivity contribution in [3.63, 3.8) is 0 Å². The third-order valence-corrected chi connectivity index (χ3v) is 11.1. The molecule has 0 bridgehead atoms. The summed E-state index contributed by atoms with van der Waals surface area (Å²) in [7, 11) is 0. The predicted molar refractivity (Wildman–Crippen MR) is 260 cm³/mol. The number of hydrogen-bond acceptors (Lipinski definition) is 12. The standard InChI is InChI=1S/C47H72BrN7O16/c1-47(2,3)71-46(70)51-29-12-9-16-33(41(62)53-32(40(61)44(67)68)15-8-11-28-49-36(56)18-13-14-30-19-21-31(48)22-20-30)52-38(58)17-7-5-4-6-10-27-50-37(57)25-23-34(42(63)64)54-45(69)55-35(43(65)66)24-26-39(59)60/h19-22,32-35H,4-18,23-29H2,1-3H3,(H,49,56)(H,50,57)(H,51,70)(H,52,58)(H,53,62)(H,59,60)(H,63,64)(H,65,66)(H,67,68)(H2,54,55,69). The number of urea groups is 1. The number of carbonyl (C=O) groups excluding carboxylic acids is 7. The average molecular weight is 1070 g/mol. The first kappa shape index (κ1) is 62.7. The van der Waals surface area contributed by atoms with Gasteiger partial charge in [-0.05, 0) is 116 Å². The quantitative estimate of drug-likeness (QED) is 0.0334. The van der Waals surface area contributed by atoms with E-state index in [9.17, 15) is 68.1 Å². The Hall–Kier alpha value is -6.33. The summed E-state index contributed by atoms with van der Waals surface area (Å²) in [6.07, 6.45) is 4.06. The Balaban J connectivity index is 2.63. The average Bonchev–Trinajstić information content (AvgIpc) is 3.28. The molecule has 11 N–H and O–H groups in total. The lowest BCUT2D eigenvalue weighted by atomic mass is 10.0. The summed E-state index contributed by atoms with van der Waals surface area (Å²) < 4.78 is 6.20. The Kier molecular flexibility index (Phi) is 30.8. The molecule has 23 nitrogen and oxygen atoms in total. The summed E-state index contributed by atoms with van der Waals surface area (Å²) in [5.74, 6) is -9.06. The van der Waals surface area contributed by atoms with Crippen LogP contribution in [0.25, 0.3) is 0 Å². The van der Waals surface area contributed by atoms with E-state index in [1.165, 1.54) is 0 Å². The number of alkyl carbamates (subject to hydrolysis) is 1. The molecule has 0 saturated carbocycles. The minimum absolute atomic E-state index is 0.0267. The van der Waals surface area contributed by atoms with Crippen LogP contribution in [0.3, 0.4) is 0 Å². The third-order valence-electron chi connectivity index (χ3n) is 10.5. The van der Waals surface area contributed by atoms with Crippen LogP contribution >= 0.6 is 15.9 Å². The van der Waals surface area contributed by atoms with Crippen LogP contribution in [0.4, 0.5) is 9.59 Å². The number of aryl methyl sites for hydroxylation is 1. The van der Waals surface area contributed by atoms with Gasteiger partial charge in [0.05, 0.1) is 6.04 Å². The number of nitrogens with one attached hydrogen (secondary N) is 7. The van der Waals surface area contributed by atoms with E-state index < -0.39 is 102 Å². The number of carboxylic acids is 4. The molecule has 398 valence electrons. The number of carbonyl (C=O) groups is 11. The van der Waals surface area contributed by atoms with Gasteiger partial charge in [-0.15, -0.1) is 0 Å². The van der Waals surface area contributed by atoms with E-state index in [-0.39, 0.29) is 57.6 Å². The van der Waals surface area contributed by atoms with Crippen molar-refractivity contribution in [2.24, 2.45) is 0 Å². The maximum atomic E-state index is 13.6. The highest BCUT2D eigenvalue weighted by atomic mass is 79.9. The Morgan fingerprint density at radius 2 is 1.01 bits per heavy atom. The van der Waals surface area contributed by atoms with Gasteiger partial charge in [0.25, 0.3) is 5.78 Å². The largest absolute Gasteiger partial charge is 0.481 e. The molecule has 0 heterocycles. The second-order valence-corrected chi connectivity index (χ2v) is 18.8. The Morgan fingerprint density at radius 1 is 0.521 bits per heavy atom. The van der Waals surface area contributed by atoms with Crippen molar-refractivity contribution in [3.05, 3.63) is 34.3 Å². The molecule has 4 unspecified atom stereocenters. The number of amides is 7. The molecule has 0 saturated heterocycles. The lowest BCUT2D eigenvalue weighted by Gasteiger charge is -2.22. The van der Waals surface area contributed by atoms with Crippen molar-refractivity contribution >= 4 is 81.3 Å². The number of carboxylic acid groups (broad SMARTS) is 4. The molecule has 1 aromatic rings. The second-order valence-electron chi connectivity index (χ2n) is 17.8. The third kappa shape index (κ3) is 31.5. The molecule has 0 spiro atoms. The van der Waals surface area contributed by atoms with E-state index in [1.807, 2.05) is 29.6 Å². The van der Waals surface area contributed by atoms with Crippen LogP contribution in [0, 0.1) is 0 Å². The van der Waals surface area contributed by atoms with E-state index in [0.717, 1.165) is 16.5 Å². The number of benzene rings is 1. The fourth-order valence-corrected chi connectivity index (χ4v) is 7.03. The van der Waals surface area contributed by atoms with Crippen molar-refractivity contribution in [3.8, 4) is 0 Å². The molecular weight excluding hydrogens is 998 g/mol. The second kappa shape index (κ2) is 34.9. The van der Waals surface area contributed by atoms with Gasteiger partial charge in [0, 0.05) is 49.8 Å². The lowest BCUT2D eigenvalue weighted by molar-refractivity contribution is -0.150. The molecule has 7 amide bonds. The molecule has 0 radical (unpaired) electrons. The summed E-state index contributed by atoms with van der Waals surface area (Å²) >= 11 is 3.39. The summed E-state index contributed by atoms with van der Waals surface area (Å²) in [5.41, 5.74) is 0.399. The first-order valence-corrected chi connectivity index (χ1v) is 24.6. The van der Waals surface area contributed by atoms with Gasteiger partial charge in [0.1, 0.15) is 23.7 Å². The molecular formula is C47H72BrN7O16. The monoisotopic (exact) mass is 1070 g/mol. The zero-order chi connectivity index (χ0) is 53.4. The van der Waals surface area contributed by atoms with E-state index in [1.54, 1.807) is 20.8 Å². The zero-order valence-electron chi connectivity index (χ0n) is 40.7. The fourth-order valence-electron chi connectivity index (χ4n) is 6.77. The summed E-state index contributed by atoms with van der Waals surface area (Å²) in [6.45, 7) is 5.91. The summed E-state index contributed by atoms with van der Waals surface area (Å²) in [4.78, 5) is 134. The summed E-state index contributed by atoms with van der Waals surface area (Å²) in [6, 6.07) is 1.04. The van der Waals surface area contributed by atoms with Crippen LogP contribution in [0.15, 0.2) is 28.7 Å². The molecule has 0 aliphatic rings. The molecule has 0 fully saturated rings. The number of ether oxygens (including phenoxy) is 1.